The number of hydrogen-bond acceptors (Lipinski definition) is 4. The molecule has 1 rings (SSSR count). The van der Waals surface area contributed by atoms with Crippen LogP contribution in [0.15, 0.2) is 46.4 Å². The molecule has 1 aromatic rings. The molecule has 0 unspecified atom stereocenters. The van der Waals surface area contributed by atoms with Crippen LogP contribution in [0.2, 0.25) is 0 Å². The fourth-order valence-electron chi connectivity index (χ4n) is 1.95. The van der Waals surface area contributed by atoms with Crippen molar-refractivity contribution < 1.29 is 27.4 Å². The average molecular weight is 434 g/mol. The molecule has 1 amide bonds. The number of amides is 1. The SMILES string of the molecule is CC.CC/C=C(\S/C(=C/CC)NC(=O)c1ccc(OCCOC)cc1)C(F)(F)F. The zero-order valence-corrected chi connectivity index (χ0v) is 18.4. The second kappa shape index (κ2) is 15.0. The topological polar surface area (TPSA) is 47.6 Å². The third-order valence-corrected chi connectivity index (χ3v) is 4.29. The van der Waals surface area contributed by atoms with Gasteiger partial charge in [-0.05, 0) is 37.1 Å². The molecule has 0 atom stereocenters. The first-order chi connectivity index (χ1) is 13.8. The molecule has 0 spiro atoms. The third-order valence-electron chi connectivity index (χ3n) is 3.19. The summed E-state index contributed by atoms with van der Waals surface area (Å²) in [6.07, 6.45) is -1.06. The number of halogens is 3. The van der Waals surface area contributed by atoms with Crippen molar-refractivity contribution in [3.05, 3.63) is 51.9 Å². The Hall–Kier alpha value is -1.93. The van der Waals surface area contributed by atoms with Gasteiger partial charge in [-0.15, -0.1) is 0 Å². The van der Waals surface area contributed by atoms with Gasteiger partial charge in [-0.2, -0.15) is 13.2 Å². The first-order valence-corrected chi connectivity index (χ1v) is 10.3. The van der Waals surface area contributed by atoms with Crippen LogP contribution < -0.4 is 10.1 Å². The van der Waals surface area contributed by atoms with Gasteiger partial charge in [0.1, 0.15) is 12.4 Å². The van der Waals surface area contributed by atoms with Crippen LogP contribution in [0.1, 0.15) is 50.9 Å². The van der Waals surface area contributed by atoms with Crippen molar-refractivity contribution in [1.29, 1.82) is 0 Å². The summed E-state index contributed by atoms with van der Waals surface area (Å²) < 4.78 is 49.6. The van der Waals surface area contributed by atoms with E-state index in [1.54, 1.807) is 51.3 Å². The third kappa shape index (κ3) is 11.0. The summed E-state index contributed by atoms with van der Waals surface area (Å²) in [5.74, 6) is 0.0937. The Bertz CT molecular complexity index is 656. The second-order valence-electron chi connectivity index (χ2n) is 5.37. The van der Waals surface area contributed by atoms with Crippen molar-refractivity contribution in [3.8, 4) is 5.75 Å². The minimum atomic E-state index is -4.46. The summed E-state index contributed by atoms with van der Waals surface area (Å²) in [4.78, 5) is 11.6. The molecule has 8 heteroatoms. The van der Waals surface area contributed by atoms with E-state index in [0.717, 1.165) is 6.08 Å². The summed E-state index contributed by atoms with van der Waals surface area (Å²) in [6, 6.07) is 6.36. The first kappa shape index (κ1) is 27.1. The lowest BCUT2D eigenvalue weighted by atomic mass is 10.2. The lowest BCUT2D eigenvalue weighted by molar-refractivity contribution is -0.0838. The van der Waals surface area contributed by atoms with E-state index < -0.39 is 17.0 Å². The van der Waals surface area contributed by atoms with E-state index in [1.165, 1.54) is 0 Å². The van der Waals surface area contributed by atoms with E-state index in [9.17, 15) is 18.0 Å². The molecule has 0 bridgehead atoms. The van der Waals surface area contributed by atoms with Gasteiger partial charge in [0.05, 0.1) is 16.5 Å². The Balaban J connectivity index is 0.00000379. The molecule has 29 heavy (non-hydrogen) atoms. The highest BCUT2D eigenvalue weighted by atomic mass is 32.2. The summed E-state index contributed by atoms with van der Waals surface area (Å²) in [7, 11) is 1.57. The standard InChI is InChI=1S/C19H24F3NO3S.C2H6/c1-4-6-16(19(20,21)22)27-17(7-5-2)23-18(24)14-8-10-15(11-9-14)26-13-12-25-3;1-2/h6-11H,4-5,12-13H2,1-3H3,(H,23,24);1-2H3/b16-6-,17-7+;. The molecule has 1 N–H and O–H groups in total. The van der Waals surface area contributed by atoms with Crippen LogP contribution in [0.5, 0.6) is 5.75 Å². The molecule has 0 fully saturated rings. The molecule has 0 heterocycles. The van der Waals surface area contributed by atoms with E-state index in [1.807, 2.05) is 13.8 Å². The Morgan fingerprint density at radius 2 is 1.66 bits per heavy atom. The average Bonchev–Trinajstić information content (AvgIpc) is 2.69. The molecule has 0 radical (unpaired) electrons. The molecule has 0 aliphatic rings. The Morgan fingerprint density at radius 3 is 2.14 bits per heavy atom. The van der Waals surface area contributed by atoms with Crippen molar-refractivity contribution in [2.24, 2.45) is 0 Å². The van der Waals surface area contributed by atoms with Crippen LogP contribution in [0.3, 0.4) is 0 Å². The van der Waals surface area contributed by atoms with Gasteiger partial charge in [0, 0.05) is 12.7 Å². The molecule has 0 aromatic heterocycles. The molecule has 0 aliphatic carbocycles. The number of benzene rings is 1. The Morgan fingerprint density at radius 1 is 1.07 bits per heavy atom. The zero-order valence-electron chi connectivity index (χ0n) is 17.6. The number of carbonyl (C=O) groups is 1. The van der Waals surface area contributed by atoms with Crippen LogP contribution in [0, 0.1) is 0 Å². The molecule has 0 saturated heterocycles. The fourth-order valence-corrected chi connectivity index (χ4v) is 2.95. The van der Waals surface area contributed by atoms with Crippen molar-refractivity contribution in [1.82, 2.24) is 5.32 Å². The first-order valence-electron chi connectivity index (χ1n) is 9.50. The monoisotopic (exact) mass is 433 g/mol. The van der Waals surface area contributed by atoms with Gasteiger partial charge in [-0.25, -0.2) is 0 Å². The molecule has 4 nitrogen and oxygen atoms in total. The van der Waals surface area contributed by atoms with Crippen LogP contribution in [0.25, 0.3) is 0 Å². The quantitative estimate of drug-likeness (QED) is 0.439. The van der Waals surface area contributed by atoms with Gasteiger partial charge in [0.15, 0.2) is 0 Å². The maximum absolute atomic E-state index is 13.1. The van der Waals surface area contributed by atoms with Gasteiger partial charge < -0.3 is 14.8 Å². The zero-order chi connectivity index (χ0) is 22.3. The van der Waals surface area contributed by atoms with Gasteiger partial charge in [-0.1, -0.05) is 51.6 Å². The largest absolute Gasteiger partial charge is 0.491 e. The maximum atomic E-state index is 13.1. The number of alkyl halides is 3. The fraction of sp³-hybridized carbons (Fsp3) is 0.476. The van der Waals surface area contributed by atoms with E-state index in [0.29, 0.717) is 42.7 Å². The molecule has 0 saturated carbocycles. The maximum Gasteiger partial charge on any atom is 0.422 e. The molecular weight excluding hydrogens is 403 g/mol. The molecule has 1 aromatic carbocycles. The van der Waals surface area contributed by atoms with Gasteiger partial charge in [0.25, 0.3) is 5.91 Å². The Labute approximate surface area is 175 Å². The van der Waals surface area contributed by atoms with Crippen molar-refractivity contribution in [3.63, 3.8) is 0 Å². The number of ether oxygens (including phenoxy) is 2. The highest BCUT2D eigenvalue weighted by Gasteiger charge is 2.34. The minimum Gasteiger partial charge on any atom is -0.491 e. The predicted molar refractivity (Wildman–Crippen MR) is 113 cm³/mol. The molecule has 0 aliphatic heterocycles. The summed E-state index contributed by atoms with van der Waals surface area (Å²) in [5, 5.41) is 2.70. The number of rotatable bonds is 10. The summed E-state index contributed by atoms with van der Waals surface area (Å²) >= 11 is 0.512. The number of nitrogens with one attached hydrogen (secondary N) is 1. The molecular formula is C21H30F3NO3S. The van der Waals surface area contributed by atoms with E-state index in [2.05, 4.69) is 5.32 Å². The van der Waals surface area contributed by atoms with Gasteiger partial charge >= 0.3 is 6.18 Å². The van der Waals surface area contributed by atoms with Crippen molar-refractivity contribution >= 4 is 17.7 Å². The van der Waals surface area contributed by atoms with Crippen LogP contribution in [-0.2, 0) is 4.74 Å². The Kier molecular flexibility index (Phi) is 14.0. The lowest BCUT2D eigenvalue weighted by Crippen LogP contribution is -2.22. The van der Waals surface area contributed by atoms with Crippen LogP contribution >= 0.6 is 11.8 Å². The number of thioether (sulfide) groups is 1. The summed E-state index contributed by atoms with van der Waals surface area (Å²) in [6.45, 7) is 8.24. The van der Waals surface area contributed by atoms with Crippen LogP contribution in [0.4, 0.5) is 13.2 Å². The number of hydrogen-bond donors (Lipinski definition) is 1. The normalized spacial score (nSPS) is 12.1. The predicted octanol–water partition coefficient (Wildman–Crippen LogP) is 6.31. The van der Waals surface area contributed by atoms with Crippen molar-refractivity contribution in [2.75, 3.05) is 20.3 Å². The number of methoxy groups -OCH3 is 1. The van der Waals surface area contributed by atoms with Gasteiger partial charge in [-0.3, -0.25) is 4.79 Å². The minimum absolute atomic E-state index is 0.153. The molecule has 164 valence electrons. The number of carbonyl (C=O) groups excluding carboxylic acids is 1. The number of allylic oxidation sites excluding steroid dienone is 3. The van der Waals surface area contributed by atoms with E-state index in [4.69, 9.17) is 9.47 Å². The highest BCUT2D eigenvalue weighted by molar-refractivity contribution is 8.06. The smallest absolute Gasteiger partial charge is 0.422 e. The van der Waals surface area contributed by atoms with Gasteiger partial charge in [0.2, 0.25) is 0 Å². The second-order valence-corrected chi connectivity index (χ2v) is 6.46. The van der Waals surface area contributed by atoms with E-state index >= 15 is 0 Å². The summed E-state index contributed by atoms with van der Waals surface area (Å²) in [5.41, 5.74) is 0.324. The van der Waals surface area contributed by atoms with Crippen LogP contribution in [-0.4, -0.2) is 32.4 Å². The van der Waals surface area contributed by atoms with Crippen molar-refractivity contribution in [2.45, 2.75) is 46.7 Å². The highest BCUT2D eigenvalue weighted by Crippen LogP contribution is 2.38. The van der Waals surface area contributed by atoms with E-state index in [-0.39, 0.29) is 11.4 Å². The lowest BCUT2D eigenvalue weighted by Gasteiger charge is -2.15.